The minimum absolute atomic E-state index is 0.125. The van der Waals surface area contributed by atoms with Crippen LogP contribution in [-0.4, -0.2) is 28.8 Å². The number of carbonyl (C=O) groups excluding carboxylic acids is 1. The van der Waals surface area contributed by atoms with E-state index in [0.717, 1.165) is 6.07 Å². The summed E-state index contributed by atoms with van der Waals surface area (Å²) in [5, 5.41) is 19.7. The van der Waals surface area contributed by atoms with Crippen molar-refractivity contribution in [1.29, 1.82) is 5.26 Å². The number of carbonyl (C=O) groups is 1. The van der Waals surface area contributed by atoms with Gasteiger partial charge in [-0.15, -0.1) is 0 Å². The third-order valence-electron chi connectivity index (χ3n) is 2.93. The van der Waals surface area contributed by atoms with E-state index in [4.69, 9.17) is 11.0 Å². The molecule has 0 saturated heterocycles. The lowest BCUT2D eigenvalue weighted by Gasteiger charge is -2.22. The number of hydrogen-bond acceptors (Lipinski definition) is 5. The number of halogens is 1. The number of amides is 1. The zero-order valence-corrected chi connectivity index (χ0v) is 11.7. The standard InChI is InChI=1S/C13H15FN4O3/c1-3-17(7-8(2)6-15)13(19)9-4-11(16)10(14)5-12(9)18(20)21/h4-5,8H,3,7,16H2,1-2H3. The first kappa shape index (κ1) is 16.4. The van der Waals surface area contributed by atoms with E-state index in [-0.39, 0.29) is 24.3 Å². The molecule has 21 heavy (non-hydrogen) atoms. The molecule has 0 spiro atoms. The Balaban J connectivity index is 3.25. The second-order valence-corrected chi connectivity index (χ2v) is 4.52. The molecule has 7 nitrogen and oxygen atoms in total. The second kappa shape index (κ2) is 6.65. The number of hydrogen-bond donors (Lipinski definition) is 1. The van der Waals surface area contributed by atoms with Gasteiger partial charge in [-0.3, -0.25) is 14.9 Å². The monoisotopic (exact) mass is 294 g/mol. The summed E-state index contributed by atoms with van der Waals surface area (Å²) >= 11 is 0. The molecule has 0 aliphatic carbocycles. The summed E-state index contributed by atoms with van der Waals surface area (Å²) in [7, 11) is 0. The number of anilines is 1. The number of nitrogens with two attached hydrogens (primary N) is 1. The summed E-state index contributed by atoms with van der Waals surface area (Å²) in [4.78, 5) is 23.8. The molecule has 1 atom stereocenters. The van der Waals surface area contributed by atoms with Gasteiger partial charge in [-0.05, 0) is 19.9 Å². The summed E-state index contributed by atoms with van der Waals surface area (Å²) in [6.45, 7) is 3.70. The summed E-state index contributed by atoms with van der Waals surface area (Å²) < 4.78 is 13.3. The van der Waals surface area contributed by atoms with Gasteiger partial charge in [-0.2, -0.15) is 5.26 Å². The van der Waals surface area contributed by atoms with Crippen molar-refractivity contribution in [2.24, 2.45) is 5.92 Å². The summed E-state index contributed by atoms with van der Waals surface area (Å²) in [6, 6.07) is 3.56. The van der Waals surface area contributed by atoms with Crippen molar-refractivity contribution in [3.63, 3.8) is 0 Å². The third-order valence-corrected chi connectivity index (χ3v) is 2.93. The molecule has 0 heterocycles. The minimum Gasteiger partial charge on any atom is -0.396 e. The van der Waals surface area contributed by atoms with E-state index >= 15 is 0 Å². The molecule has 2 N–H and O–H groups in total. The van der Waals surface area contributed by atoms with Crippen molar-refractivity contribution in [3.05, 3.63) is 33.6 Å². The predicted molar refractivity (Wildman–Crippen MR) is 73.8 cm³/mol. The van der Waals surface area contributed by atoms with Crippen LogP contribution in [0.3, 0.4) is 0 Å². The fourth-order valence-corrected chi connectivity index (χ4v) is 1.80. The minimum atomic E-state index is -0.952. The number of nitrogen functional groups attached to an aromatic ring is 1. The zero-order valence-electron chi connectivity index (χ0n) is 11.7. The molecule has 0 fully saturated rings. The smallest absolute Gasteiger partial charge is 0.285 e. The molecular formula is C13H15FN4O3. The van der Waals surface area contributed by atoms with Gasteiger partial charge in [0.1, 0.15) is 5.56 Å². The van der Waals surface area contributed by atoms with E-state index < -0.39 is 28.3 Å². The van der Waals surface area contributed by atoms with Gasteiger partial charge in [0.05, 0.1) is 28.7 Å². The van der Waals surface area contributed by atoms with Crippen LogP contribution in [0.5, 0.6) is 0 Å². The van der Waals surface area contributed by atoms with Crippen LogP contribution < -0.4 is 5.73 Å². The van der Waals surface area contributed by atoms with Crippen LogP contribution in [0.4, 0.5) is 15.8 Å². The van der Waals surface area contributed by atoms with E-state index in [1.807, 2.05) is 6.07 Å². The van der Waals surface area contributed by atoms with Gasteiger partial charge in [0.2, 0.25) is 0 Å². The molecule has 1 rings (SSSR count). The Kier molecular flexibility index (Phi) is 5.18. The van der Waals surface area contributed by atoms with Crippen molar-refractivity contribution < 1.29 is 14.1 Å². The average molecular weight is 294 g/mol. The number of nitriles is 1. The Morgan fingerprint density at radius 3 is 2.71 bits per heavy atom. The maximum absolute atomic E-state index is 13.3. The molecule has 0 radical (unpaired) electrons. The number of nitro benzene ring substituents is 1. The highest BCUT2D eigenvalue weighted by molar-refractivity contribution is 5.99. The number of nitrogens with zero attached hydrogens (tertiary/aromatic N) is 3. The normalized spacial score (nSPS) is 11.5. The van der Waals surface area contributed by atoms with Crippen LogP contribution >= 0.6 is 0 Å². The fraction of sp³-hybridized carbons (Fsp3) is 0.385. The third kappa shape index (κ3) is 3.66. The molecule has 1 amide bonds. The topological polar surface area (TPSA) is 113 Å². The Morgan fingerprint density at radius 2 is 2.24 bits per heavy atom. The summed E-state index contributed by atoms with van der Waals surface area (Å²) in [6.07, 6.45) is 0. The van der Waals surface area contributed by atoms with E-state index in [2.05, 4.69) is 0 Å². The summed E-state index contributed by atoms with van der Waals surface area (Å²) in [5.74, 6) is -2.03. The number of nitro groups is 1. The van der Waals surface area contributed by atoms with E-state index in [1.165, 1.54) is 4.90 Å². The lowest BCUT2D eigenvalue weighted by molar-refractivity contribution is -0.385. The zero-order chi connectivity index (χ0) is 16.2. The van der Waals surface area contributed by atoms with Crippen LogP contribution in [0.2, 0.25) is 0 Å². The van der Waals surface area contributed by atoms with E-state index in [1.54, 1.807) is 13.8 Å². The Morgan fingerprint density at radius 1 is 1.62 bits per heavy atom. The quantitative estimate of drug-likeness (QED) is 0.506. The lowest BCUT2D eigenvalue weighted by atomic mass is 10.1. The molecular weight excluding hydrogens is 279 g/mol. The second-order valence-electron chi connectivity index (χ2n) is 4.52. The molecule has 1 aromatic carbocycles. The van der Waals surface area contributed by atoms with Crippen molar-refractivity contribution in [2.75, 3.05) is 18.8 Å². The van der Waals surface area contributed by atoms with Gasteiger partial charge in [-0.25, -0.2) is 4.39 Å². The first-order valence-electron chi connectivity index (χ1n) is 6.24. The van der Waals surface area contributed by atoms with Crippen LogP contribution in [0, 0.1) is 33.2 Å². The summed E-state index contributed by atoms with van der Waals surface area (Å²) in [5.41, 5.74) is 4.11. The van der Waals surface area contributed by atoms with Crippen molar-refractivity contribution in [3.8, 4) is 6.07 Å². The average Bonchev–Trinajstić information content (AvgIpc) is 2.45. The Bertz CT molecular complexity index is 612. The van der Waals surface area contributed by atoms with Crippen LogP contribution in [0.15, 0.2) is 12.1 Å². The van der Waals surface area contributed by atoms with Crippen molar-refractivity contribution in [1.82, 2.24) is 4.90 Å². The largest absolute Gasteiger partial charge is 0.396 e. The molecule has 8 heteroatoms. The number of benzene rings is 1. The predicted octanol–water partition coefficient (Wildman–Crippen LogP) is 1.94. The highest BCUT2D eigenvalue weighted by Crippen LogP contribution is 2.26. The van der Waals surface area contributed by atoms with Crippen molar-refractivity contribution >= 4 is 17.3 Å². The molecule has 0 bridgehead atoms. The van der Waals surface area contributed by atoms with Crippen molar-refractivity contribution in [2.45, 2.75) is 13.8 Å². The van der Waals surface area contributed by atoms with E-state index in [9.17, 15) is 19.3 Å². The van der Waals surface area contributed by atoms with E-state index in [0.29, 0.717) is 6.07 Å². The molecule has 112 valence electrons. The number of rotatable bonds is 5. The van der Waals surface area contributed by atoms with Crippen LogP contribution in [0.1, 0.15) is 24.2 Å². The molecule has 0 aromatic heterocycles. The Hall–Kier alpha value is -2.69. The van der Waals surface area contributed by atoms with Gasteiger partial charge in [0, 0.05) is 13.1 Å². The molecule has 1 unspecified atom stereocenters. The first-order valence-corrected chi connectivity index (χ1v) is 6.24. The lowest BCUT2D eigenvalue weighted by Crippen LogP contribution is -2.34. The Labute approximate surface area is 120 Å². The maximum Gasteiger partial charge on any atom is 0.285 e. The molecule has 0 aliphatic heterocycles. The first-order chi connectivity index (χ1) is 9.81. The van der Waals surface area contributed by atoms with Gasteiger partial charge >= 0.3 is 0 Å². The molecule has 1 aromatic rings. The van der Waals surface area contributed by atoms with Gasteiger partial charge in [0.15, 0.2) is 5.82 Å². The van der Waals surface area contributed by atoms with Gasteiger partial charge in [0.25, 0.3) is 11.6 Å². The highest BCUT2D eigenvalue weighted by atomic mass is 19.1. The van der Waals surface area contributed by atoms with Gasteiger partial charge in [-0.1, -0.05) is 0 Å². The fourth-order valence-electron chi connectivity index (χ4n) is 1.80. The van der Waals surface area contributed by atoms with Crippen LogP contribution in [-0.2, 0) is 0 Å². The van der Waals surface area contributed by atoms with Crippen LogP contribution in [0.25, 0.3) is 0 Å². The maximum atomic E-state index is 13.3. The highest BCUT2D eigenvalue weighted by Gasteiger charge is 2.26. The SMILES string of the molecule is CCN(CC(C)C#N)C(=O)c1cc(N)c(F)cc1[N+](=O)[O-]. The molecule has 0 aliphatic rings. The molecule has 0 saturated carbocycles. The van der Waals surface area contributed by atoms with Gasteiger partial charge < -0.3 is 10.6 Å².